The second-order valence-corrected chi connectivity index (χ2v) is 5.56. The van der Waals surface area contributed by atoms with Crippen molar-refractivity contribution >= 4 is 17.5 Å². The van der Waals surface area contributed by atoms with E-state index in [1.807, 2.05) is 0 Å². The fourth-order valence-corrected chi connectivity index (χ4v) is 2.60. The van der Waals surface area contributed by atoms with E-state index in [1.165, 1.54) is 18.6 Å². The van der Waals surface area contributed by atoms with Gasteiger partial charge in [-0.3, -0.25) is 9.59 Å². The molecule has 1 aromatic carbocycles. The van der Waals surface area contributed by atoms with Crippen LogP contribution in [-0.4, -0.2) is 18.4 Å². The fourth-order valence-electron chi connectivity index (χ4n) is 2.60. The van der Waals surface area contributed by atoms with Crippen molar-refractivity contribution in [1.29, 1.82) is 0 Å². The van der Waals surface area contributed by atoms with Crippen LogP contribution in [0.4, 0.5) is 10.1 Å². The summed E-state index contributed by atoms with van der Waals surface area (Å²) in [5.41, 5.74) is 1.22. The van der Waals surface area contributed by atoms with Crippen LogP contribution in [0.25, 0.3) is 0 Å². The Morgan fingerprint density at radius 2 is 1.95 bits per heavy atom. The molecule has 0 aromatic heterocycles. The summed E-state index contributed by atoms with van der Waals surface area (Å²) in [4.78, 5) is 23.7. The van der Waals surface area contributed by atoms with Crippen LogP contribution in [0.1, 0.15) is 37.7 Å². The molecule has 0 aliphatic heterocycles. The number of anilines is 1. The molecule has 0 saturated heterocycles. The van der Waals surface area contributed by atoms with Gasteiger partial charge in [0.25, 0.3) is 0 Å². The SMILES string of the molecule is Cc1ccc(F)cc1NC(=O)CNC(=O)C1CCCCC1. The lowest BCUT2D eigenvalue weighted by atomic mass is 9.89. The van der Waals surface area contributed by atoms with Crippen molar-refractivity contribution in [3.05, 3.63) is 29.6 Å². The number of hydrogen-bond acceptors (Lipinski definition) is 2. The summed E-state index contributed by atoms with van der Waals surface area (Å²) < 4.78 is 13.1. The number of benzene rings is 1. The highest BCUT2D eigenvalue weighted by molar-refractivity contribution is 5.95. The third kappa shape index (κ3) is 4.55. The standard InChI is InChI=1S/C16H21FN2O2/c1-11-7-8-13(17)9-14(11)19-15(20)10-18-16(21)12-5-3-2-4-6-12/h7-9,12H,2-6,10H2,1H3,(H,18,21)(H,19,20). The molecule has 1 aliphatic carbocycles. The Morgan fingerprint density at radius 3 is 2.67 bits per heavy atom. The first-order chi connectivity index (χ1) is 10.1. The lowest BCUT2D eigenvalue weighted by Gasteiger charge is -2.20. The Morgan fingerprint density at radius 1 is 1.24 bits per heavy atom. The third-order valence-corrected chi connectivity index (χ3v) is 3.87. The van der Waals surface area contributed by atoms with E-state index in [0.29, 0.717) is 5.69 Å². The minimum atomic E-state index is -0.401. The highest BCUT2D eigenvalue weighted by atomic mass is 19.1. The first kappa shape index (κ1) is 15.5. The Labute approximate surface area is 124 Å². The maximum absolute atomic E-state index is 13.1. The Hall–Kier alpha value is -1.91. The number of amides is 2. The van der Waals surface area contributed by atoms with Crippen LogP contribution < -0.4 is 10.6 Å². The first-order valence-electron chi connectivity index (χ1n) is 7.40. The van der Waals surface area contributed by atoms with Gasteiger partial charge in [0.1, 0.15) is 5.82 Å². The molecule has 2 amide bonds. The van der Waals surface area contributed by atoms with Crippen LogP contribution in [0.15, 0.2) is 18.2 Å². The van der Waals surface area contributed by atoms with Crippen molar-refractivity contribution in [2.75, 3.05) is 11.9 Å². The van der Waals surface area contributed by atoms with Gasteiger partial charge in [-0.1, -0.05) is 25.3 Å². The van der Waals surface area contributed by atoms with Crippen molar-refractivity contribution in [3.63, 3.8) is 0 Å². The number of hydrogen-bond donors (Lipinski definition) is 2. The van der Waals surface area contributed by atoms with E-state index in [1.54, 1.807) is 13.0 Å². The number of aryl methyl sites for hydroxylation is 1. The molecule has 0 atom stereocenters. The Bertz CT molecular complexity index is 525. The molecule has 1 aliphatic rings. The molecule has 0 radical (unpaired) electrons. The average Bonchev–Trinajstić information content (AvgIpc) is 2.49. The zero-order chi connectivity index (χ0) is 15.2. The summed E-state index contributed by atoms with van der Waals surface area (Å²) in [6, 6.07) is 4.22. The van der Waals surface area contributed by atoms with Crippen LogP contribution in [0.3, 0.4) is 0 Å². The van der Waals surface area contributed by atoms with E-state index in [9.17, 15) is 14.0 Å². The number of rotatable bonds is 4. The van der Waals surface area contributed by atoms with E-state index in [2.05, 4.69) is 10.6 Å². The second-order valence-electron chi connectivity index (χ2n) is 5.56. The summed E-state index contributed by atoms with van der Waals surface area (Å²) in [5, 5.41) is 5.28. The van der Waals surface area contributed by atoms with Gasteiger partial charge >= 0.3 is 0 Å². The molecule has 2 rings (SSSR count). The number of carbonyl (C=O) groups is 2. The molecule has 114 valence electrons. The summed E-state index contributed by atoms with van der Waals surface area (Å²) in [6.45, 7) is 1.71. The van der Waals surface area contributed by atoms with Crippen molar-refractivity contribution in [2.24, 2.45) is 5.92 Å². The molecule has 4 nitrogen and oxygen atoms in total. The lowest BCUT2D eigenvalue weighted by molar-refractivity contribution is -0.128. The molecule has 21 heavy (non-hydrogen) atoms. The molecule has 1 fully saturated rings. The molecule has 1 aromatic rings. The van der Waals surface area contributed by atoms with Crippen LogP contribution in [0.5, 0.6) is 0 Å². The van der Waals surface area contributed by atoms with Gasteiger partial charge in [0.15, 0.2) is 0 Å². The van der Waals surface area contributed by atoms with Gasteiger partial charge in [-0.25, -0.2) is 4.39 Å². The smallest absolute Gasteiger partial charge is 0.243 e. The molecule has 0 spiro atoms. The molecule has 0 bridgehead atoms. The number of nitrogens with one attached hydrogen (secondary N) is 2. The van der Waals surface area contributed by atoms with Crippen molar-refractivity contribution in [3.8, 4) is 0 Å². The summed E-state index contributed by atoms with van der Waals surface area (Å²) >= 11 is 0. The van der Waals surface area contributed by atoms with Gasteiger partial charge in [0, 0.05) is 11.6 Å². The quantitative estimate of drug-likeness (QED) is 0.896. The van der Waals surface area contributed by atoms with E-state index in [0.717, 1.165) is 31.2 Å². The monoisotopic (exact) mass is 292 g/mol. The van der Waals surface area contributed by atoms with Gasteiger partial charge in [0.05, 0.1) is 6.54 Å². The largest absolute Gasteiger partial charge is 0.347 e. The van der Waals surface area contributed by atoms with Crippen LogP contribution in [-0.2, 0) is 9.59 Å². The number of halogens is 1. The predicted molar refractivity (Wildman–Crippen MR) is 79.4 cm³/mol. The maximum Gasteiger partial charge on any atom is 0.243 e. The maximum atomic E-state index is 13.1. The molecule has 0 heterocycles. The topological polar surface area (TPSA) is 58.2 Å². The predicted octanol–water partition coefficient (Wildman–Crippen LogP) is 2.77. The van der Waals surface area contributed by atoms with Gasteiger partial charge in [0.2, 0.25) is 11.8 Å². The van der Waals surface area contributed by atoms with Crippen molar-refractivity contribution in [2.45, 2.75) is 39.0 Å². The molecule has 1 saturated carbocycles. The minimum absolute atomic E-state index is 0.0301. The molecule has 2 N–H and O–H groups in total. The van der Waals surface area contributed by atoms with Crippen molar-refractivity contribution in [1.82, 2.24) is 5.32 Å². The second kappa shape index (κ2) is 7.20. The van der Waals surface area contributed by atoms with Gasteiger partial charge in [-0.2, -0.15) is 0 Å². The van der Waals surface area contributed by atoms with Crippen LogP contribution >= 0.6 is 0 Å². The first-order valence-corrected chi connectivity index (χ1v) is 7.40. The molecular formula is C16H21FN2O2. The highest BCUT2D eigenvalue weighted by Crippen LogP contribution is 2.23. The van der Waals surface area contributed by atoms with E-state index < -0.39 is 5.82 Å². The lowest BCUT2D eigenvalue weighted by Crippen LogP contribution is -2.37. The molecular weight excluding hydrogens is 271 g/mol. The van der Waals surface area contributed by atoms with E-state index in [-0.39, 0.29) is 24.3 Å². The van der Waals surface area contributed by atoms with Gasteiger partial charge in [-0.05, 0) is 37.5 Å². The molecule has 0 unspecified atom stereocenters. The fraction of sp³-hybridized carbons (Fsp3) is 0.500. The molecule has 5 heteroatoms. The van der Waals surface area contributed by atoms with Crippen LogP contribution in [0.2, 0.25) is 0 Å². The van der Waals surface area contributed by atoms with Crippen LogP contribution in [0, 0.1) is 18.7 Å². The number of carbonyl (C=O) groups excluding carboxylic acids is 2. The zero-order valence-corrected chi connectivity index (χ0v) is 12.2. The van der Waals surface area contributed by atoms with Gasteiger partial charge in [-0.15, -0.1) is 0 Å². The zero-order valence-electron chi connectivity index (χ0n) is 12.2. The Balaban J connectivity index is 1.81. The Kier molecular flexibility index (Phi) is 5.31. The van der Waals surface area contributed by atoms with Gasteiger partial charge < -0.3 is 10.6 Å². The minimum Gasteiger partial charge on any atom is -0.347 e. The summed E-state index contributed by atoms with van der Waals surface area (Å²) in [5.74, 6) is -0.765. The average molecular weight is 292 g/mol. The normalized spacial score (nSPS) is 15.5. The third-order valence-electron chi connectivity index (χ3n) is 3.87. The van der Waals surface area contributed by atoms with Crippen molar-refractivity contribution < 1.29 is 14.0 Å². The summed E-state index contributed by atoms with van der Waals surface area (Å²) in [7, 11) is 0. The summed E-state index contributed by atoms with van der Waals surface area (Å²) in [6.07, 6.45) is 5.13. The van der Waals surface area contributed by atoms with E-state index in [4.69, 9.17) is 0 Å². The van der Waals surface area contributed by atoms with E-state index >= 15 is 0 Å². The highest BCUT2D eigenvalue weighted by Gasteiger charge is 2.21.